The molecule has 0 radical (unpaired) electrons. The second-order valence-corrected chi connectivity index (χ2v) is 11.7. The van der Waals surface area contributed by atoms with E-state index in [4.69, 9.17) is 42.1 Å². The number of rotatable bonds is 6. The van der Waals surface area contributed by atoms with Crippen molar-refractivity contribution in [2.24, 2.45) is 0 Å². The fourth-order valence-electron chi connectivity index (χ4n) is 3.47. The highest BCUT2D eigenvalue weighted by atomic mass is 35.5. The van der Waals surface area contributed by atoms with Crippen molar-refractivity contribution in [3.63, 3.8) is 0 Å². The summed E-state index contributed by atoms with van der Waals surface area (Å²) in [7, 11) is 2.74. The Kier molecular flexibility index (Phi) is 9.25. The predicted octanol–water partition coefficient (Wildman–Crippen LogP) is 6.22. The lowest BCUT2D eigenvalue weighted by molar-refractivity contribution is 0.0594. The van der Waals surface area contributed by atoms with E-state index in [-0.39, 0.29) is 45.0 Å². The molecular weight excluding hydrogens is 565 g/mol. The molecule has 1 fully saturated rings. The molecular formula is C26H33Cl2N5O7. The molecule has 1 aromatic carbocycles. The number of amides is 4. The summed E-state index contributed by atoms with van der Waals surface area (Å²) in [6, 6.07) is 1.57. The molecule has 0 aliphatic heterocycles. The molecule has 218 valence electrons. The molecule has 1 N–H and O–H groups in total. The summed E-state index contributed by atoms with van der Waals surface area (Å²) in [6.45, 7) is 10.3. The molecule has 2 aromatic rings. The third-order valence-corrected chi connectivity index (χ3v) is 5.94. The van der Waals surface area contributed by atoms with Crippen LogP contribution in [0.15, 0.2) is 18.5 Å². The number of ether oxygens (including phenoxy) is 4. The molecule has 0 bridgehead atoms. The largest absolute Gasteiger partial charge is 0.495 e. The number of nitrogens with one attached hydrogen (secondary N) is 1. The van der Waals surface area contributed by atoms with Gasteiger partial charge in [0, 0.05) is 23.7 Å². The number of carbonyl (C=O) groups is 3. The molecule has 40 heavy (non-hydrogen) atoms. The molecule has 0 spiro atoms. The summed E-state index contributed by atoms with van der Waals surface area (Å²) < 4.78 is 21.5. The normalized spacial score (nSPS) is 13.2. The zero-order chi connectivity index (χ0) is 30.0. The fraction of sp³-hybridized carbons (Fsp3) is 0.500. The number of methoxy groups -OCH3 is 2. The van der Waals surface area contributed by atoms with Gasteiger partial charge in [0.2, 0.25) is 5.88 Å². The standard InChI is InChI=1S/C26H33Cl2N5O7/c1-25(2,3)31-22(34)39-18-12-17(29-13-30-18)32(14-9-10-14)23(35)33(24(36)40-26(4,5)6)21-19(27)15(37-7)11-16(38-8)20(21)28/h11-14H,9-10H2,1-8H3,(H,31,34). The molecule has 0 saturated heterocycles. The molecule has 1 aromatic heterocycles. The number of halogens is 2. The van der Waals surface area contributed by atoms with Crippen LogP contribution in [0.4, 0.5) is 25.9 Å². The number of hydrogen-bond donors (Lipinski definition) is 1. The minimum atomic E-state index is -1.04. The predicted molar refractivity (Wildman–Crippen MR) is 150 cm³/mol. The van der Waals surface area contributed by atoms with Crippen LogP contribution >= 0.6 is 23.2 Å². The highest BCUT2D eigenvalue weighted by Crippen LogP contribution is 2.47. The lowest BCUT2D eigenvalue weighted by atomic mass is 10.1. The van der Waals surface area contributed by atoms with Crippen molar-refractivity contribution < 1.29 is 33.3 Å². The first-order chi connectivity index (χ1) is 18.6. The Labute approximate surface area is 242 Å². The number of carbonyl (C=O) groups excluding carboxylic acids is 3. The summed E-state index contributed by atoms with van der Waals surface area (Å²) in [5.41, 5.74) is -1.72. The van der Waals surface area contributed by atoms with Crippen LogP contribution in [0.1, 0.15) is 54.4 Å². The van der Waals surface area contributed by atoms with Gasteiger partial charge >= 0.3 is 18.2 Å². The molecule has 1 heterocycles. The van der Waals surface area contributed by atoms with Gasteiger partial charge in [-0.3, -0.25) is 4.90 Å². The van der Waals surface area contributed by atoms with Crippen LogP contribution in [0.5, 0.6) is 17.4 Å². The second-order valence-electron chi connectivity index (χ2n) is 10.9. The SMILES string of the molecule is COc1cc(OC)c(Cl)c(N(C(=O)OC(C)(C)C)C(=O)N(c2cc(OC(=O)NC(C)(C)C)ncn2)C2CC2)c1Cl. The van der Waals surface area contributed by atoms with Gasteiger partial charge in [0.1, 0.15) is 45.0 Å². The smallest absolute Gasteiger partial charge is 0.423 e. The summed E-state index contributed by atoms with van der Waals surface area (Å²) >= 11 is 13.2. The fourth-order valence-corrected chi connectivity index (χ4v) is 4.14. The van der Waals surface area contributed by atoms with Gasteiger partial charge in [0.25, 0.3) is 0 Å². The minimum absolute atomic E-state index is 0.0803. The third-order valence-electron chi connectivity index (χ3n) is 5.21. The minimum Gasteiger partial charge on any atom is -0.495 e. The van der Waals surface area contributed by atoms with E-state index in [1.165, 1.54) is 31.3 Å². The third kappa shape index (κ3) is 7.57. The van der Waals surface area contributed by atoms with Gasteiger partial charge in [0.05, 0.1) is 14.2 Å². The van der Waals surface area contributed by atoms with Gasteiger partial charge in [-0.25, -0.2) is 24.4 Å². The summed E-state index contributed by atoms with van der Waals surface area (Å²) in [5, 5.41) is 2.43. The number of anilines is 2. The maximum Gasteiger partial charge on any atom is 0.423 e. The first-order valence-corrected chi connectivity index (χ1v) is 13.1. The molecule has 1 aliphatic rings. The molecule has 4 amide bonds. The van der Waals surface area contributed by atoms with E-state index < -0.39 is 29.4 Å². The van der Waals surface area contributed by atoms with E-state index in [0.29, 0.717) is 17.7 Å². The number of hydrogen-bond acceptors (Lipinski definition) is 9. The summed E-state index contributed by atoms with van der Waals surface area (Å²) in [4.78, 5) is 50.3. The van der Waals surface area contributed by atoms with E-state index in [1.807, 2.05) is 0 Å². The number of aromatic nitrogens is 2. The van der Waals surface area contributed by atoms with E-state index in [2.05, 4.69) is 15.3 Å². The molecule has 12 nitrogen and oxygen atoms in total. The van der Waals surface area contributed by atoms with Crippen molar-refractivity contribution in [3.05, 3.63) is 28.5 Å². The molecule has 1 aliphatic carbocycles. The highest BCUT2D eigenvalue weighted by molar-refractivity contribution is 6.43. The van der Waals surface area contributed by atoms with Gasteiger partial charge in [-0.15, -0.1) is 0 Å². The number of nitrogens with zero attached hydrogens (tertiary/aromatic N) is 4. The van der Waals surface area contributed by atoms with Crippen molar-refractivity contribution in [3.8, 4) is 17.4 Å². The van der Waals surface area contributed by atoms with Gasteiger partial charge in [0.15, 0.2) is 0 Å². The second kappa shape index (κ2) is 11.9. The Morgan fingerprint density at radius 3 is 2.00 bits per heavy atom. The maximum absolute atomic E-state index is 14.2. The van der Waals surface area contributed by atoms with Crippen molar-refractivity contribution in [1.82, 2.24) is 15.3 Å². The first-order valence-electron chi connectivity index (χ1n) is 12.3. The van der Waals surface area contributed by atoms with Crippen molar-refractivity contribution in [2.75, 3.05) is 24.0 Å². The zero-order valence-electron chi connectivity index (χ0n) is 23.6. The van der Waals surface area contributed by atoms with Gasteiger partial charge < -0.3 is 24.3 Å². The van der Waals surface area contributed by atoms with E-state index in [0.717, 1.165) is 6.33 Å². The monoisotopic (exact) mass is 597 g/mol. The van der Waals surface area contributed by atoms with Crippen LogP contribution in [0.2, 0.25) is 10.0 Å². The van der Waals surface area contributed by atoms with Crippen LogP contribution < -0.4 is 29.3 Å². The lowest BCUT2D eigenvalue weighted by Crippen LogP contribution is -2.50. The Morgan fingerprint density at radius 2 is 1.52 bits per heavy atom. The summed E-state index contributed by atoms with van der Waals surface area (Å²) in [5.74, 6) is 0.199. The molecule has 0 unspecified atom stereocenters. The van der Waals surface area contributed by atoms with E-state index >= 15 is 0 Å². The molecule has 1 saturated carbocycles. The van der Waals surface area contributed by atoms with Crippen LogP contribution in [0.3, 0.4) is 0 Å². The van der Waals surface area contributed by atoms with Gasteiger partial charge in [-0.2, -0.15) is 4.90 Å². The van der Waals surface area contributed by atoms with Crippen molar-refractivity contribution >= 4 is 52.9 Å². The molecule has 3 rings (SSSR count). The van der Waals surface area contributed by atoms with Crippen molar-refractivity contribution in [2.45, 2.75) is 71.6 Å². The number of benzene rings is 1. The van der Waals surface area contributed by atoms with Gasteiger partial charge in [-0.05, 0) is 54.4 Å². The molecule has 0 atom stereocenters. The topological polar surface area (TPSA) is 132 Å². The van der Waals surface area contributed by atoms with E-state index in [9.17, 15) is 14.4 Å². The van der Waals surface area contributed by atoms with Gasteiger partial charge in [-0.1, -0.05) is 23.2 Å². The number of urea groups is 1. The first kappa shape index (κ1) is 31.0. The maximum atomic E-state index is 14.2. The Hall–Kier alpha value is -3.51. The average Bonchev–Trinajstić information content (AvgIpc) is 3.65. The lowest BCUT2D eigenvalue weighted by Gasteiger charge is -2.32. The quantitative estimate of drug-likeness (QED) is 0.412. The van der Waals surface area contributed by atoms with Crippen LogP contribution in [-0.2, 0) is 4.74 Å². The Balaban J connectivity index is 2.11. The van der Waals surface area contributed by atoms with Crippen LogP contribution in [-0.4, -0.2) is 59.6 Å². The zero-order valence-corrected chi connectivity index (χ0v) is 25.1. The number of imide groups is 1. The Morgan fingerprint density at radius 1 is 0.950 bits per heavy atom. The van der Waals surface area contributed by atoms with E-state index in [1.54, 1.807) is 41.5 Å². The van der Waals surface area contributed by atoms with Crippen LogP contribution in [0.25, 0.3) is 0 Å². The highest BCUT2D eigenvalue weighted by Gasteiger charge is 2.43. The average molecular weight is 598 g/mol. The summed E-state index contributed by atoms with van der Waals surface area (Å²) in [6.07, 6.45) is 0.615. The van der Waals surface area contributed by atoms with Crippen LogP contribution in [0, 0.1) is 0 Å². The Bertz CT molecular complexity index is 1260. The van der Waals surface area contributed by atoms with Crippen molar-refractivity contribution in [1.29, 1.82) is 0 Å². The molecule has 14 heteroatoms.